The van der Waals surface area contributed by atoms with Crippen molar-refractivity contribution in [3.05, 3.63) is 0 Å². The predicted molar refractivity (Wildman–Crippen MR) is 36.1 cm³/mol. The van der Waals surface area contributed by atoms with E-state index in [9.17, 15) is 4.79 Å². The van der Waals surface area contributed by atoms with Crippen molar-refractivity contribution in [1.82, 2.24) is 0 Å². The van der Waals surface area contributed by atoms with Gasteiger partial charge in [-0.2, -0.15) is 0 Å². The van der Waals surface area contributed by atoms with Crippen molar-refractivity contribution in [1.29, 1.82) is 0 Å². The zero-order valence-corrected chi connectivity index (χ0v) is 6.91. The van der Waals surface area contributed by atoms with E-state index in [4.69, 9.17) is 34.8 Å². The first-order valence-corrected chi connectivity index (χ1v) is 3.51. The van der Waals surface area contributed by atoms with Gasteiger partial charge < -0.3 is 9.47 Å². The van der Waals surface area contributed by atoms with Crippen LogP contribution in [0, 0.1) is 0 Å². The van der Waals surface area contributed by atoms with Gasteiger partial charge in [0.1, 0.15) is 6.61 Å². The topological polar surface area (TPSA) is 35.5 Å². The van der Waals surface area contributed by atoms with Crippen LogP contribution in [0.2, 0.25) is 0 Å². The number of hydrogen-bond acceptors (Lipinski definition) is 3. The van der Waals surface area contributed by atoms with Gasteiger partial charge in [0.05, 0.1) is 0 Å². The quantitative estimate of drug-likeness (QED) is 0.441. The molecule has 0 N–H and O–H groups in total. The third-order valence-electron chi connectivity index (χ3n) is 0.858. The molecular weight excluding hydrogens is 202 g/mol. The van der Waals surface area contributed by atoms with Gasteiger partial charge in [-0.3, -0.25) is 0 Å². The molecule has 0 saturated carbocycles. The van der Waals surface area contributed by atoms with Crippen molar-refractivity contribution < 1.29 is 14.3 Å². The van der Waals surface area contributed by atoms with Gasteiger partial charge in [0.25, 0.3) is 10.1 Å². The Hall–Kier alpha value is 0.300. The molecule has 1 fully saturated rings. The SMILES string of the molecule is O=C1COC(C(Cl)(Cl)Cl)O1. The molecule has 3 nitrogen and oxygen atoms in total. The van der Waals surface area contributed by atoms with Crippen LogP contribution >= 0.6 is 34.8 Å². The van der Waals surface area contributed by atoms with Crippen molar-refractivity contribution in [2.45, 2.75) is 10.1 Å². The largest absolute Gasteiger partial charge is 0.429 e. The Morgan fingerprint density at radius 2 is 2.10 bits per heavy atom. The maximum Gasteiger partial charge on any atom is 0.334 e. The Kier molecular flexibility index (Phi) is 2.30. The predicted octanol–water partition coefficient (Wildman–Crippen LogP) is 1.26. The van der Waals surface area contributed by atoms with Gasteiger partial charge in [0.15, 0.2) is 0 Å². The number of hydrogen-bond donors (Lipinski definition) is 0. The Bertz CT molecular complexity index is 152. The fraction of sp³-hybridized carbons (Fsp3) is 0.750. The Morgan fingerprint density at radius 1 is 1.50 bits per heavy atom. The maximum atomic E-state index is 10.4. The molecule has 0 aromatic carbocycles. The Morgan fingerprint density at radius 3 is 2.30 bits per heavy atom. The third-order valence-corrected chi connectivity index (χ3v) is 1.39. The summed E-state index contributed by atoms with van der Waals surface area (Å²) in [5.74, 6) is -0.517. The summed E-state index contributed by atoms with van der Waals surface area (Å²) in [6.07, 6.45) is -1.06. The van der Waals surface area contributed by atoms with Crippen molar-refractivity contribution in [2.75, 3.05) is 6.61 Å². The average Bonchev–Trinajstić information content (AvgIpc) is 2.11. The summed E-state index contributed by atoms with van der Waals surface area (Å²) in [4.78, 5) is 10.4. The van der Waals surface area contributed by atoms with Crippen molar-refractivity contribution in [3.63, 3.8) is 0 Å². The molecule has 1 saturated heterocycles. The molecule has 0 aliphatic carbocycles. The standard InChI is InChI=1S/C4H3Cl3O3/c5-4(6,7)3-9-1-2(8)10-3/h3H,1H2. The zero-order valence-electron chi connectivity index (χ0n) is 4.64. The first kappa shape index (κ1) is 8.40. The zero-order chi connectivity index (χ0) is 7.78. The molecule has 1 atom stereocenters. The highest BCUT2D eigenvalue weighted by Crippen LogP contribution is 2.34. The first-order valence-electron chi connectivity index (χ1n) is 2.38. The number of halogens is 3. The molecular formula is C4H3Cl3O3. The Labute approximate surface area is 72.1 Å². The molecule has 1 aliphatic heterocycles. The average molecular weight is 205 g/mol. The van der Waals surface area contributed by atoms with Crippen molar-refractivity contribution >= 4 is 40.8 Å². The van der Waals surface area contributed by atoms with E-state index in [1.54, 1.807) is 0 Å². The van der Waals surface area contributed by atoms with E-state index in [1.807, 2.05) is 0 Å². The molecule has 0 radical (unpaired) electrons. The van der Waals surface area contributed by atoms with E-state index < -0.39 is 16.1 Å². The summed E-state index contributed by atoms with van der Waals surface area (Å²) in [7, 11) is 0. The second-order valence-electron chi connectivity index (χ2n) is 1.67. The van der Waals surface area contributed by atoms with E-state index in [0.29, 0.717) is 0 Å². The van der Waals surface area contributed by atoms with Gasteiger partial charge in [-0.1, -0.05) is 34.8 Å². The van der Waals surface area contributed by atoms with E-state index in [0.717, 1.165) is 0 Å². The number of ether oxygens (including phenoxy) is 2. The smallest absolute Gasteiger partial charge is 0.334 e. The second-order valence-corrected chi connectivity index (χ2v) is 4.04. The highest BCUT2D eigenvalue weighted by molar-refractivity contribution is 6.68. The third kappa shape index (κ3) is 1.89. The molecule has 0 amide bonds. The summed E-state index contributed by atoms with van der Waals surface area (Å²) >= 11 is 16.0. The van der Waals surface area contributed by atoms with Gasteiger partial charge in [0.2, 0.25) is 0 Å². The van der Waals surface area contributed by atoms with Gasteiger partial charge >= 0.3 is 5.97 Å². The molecule has 1 unspecified atom stereocenters. The minimum atomic E-state index is -1.69. The van der Waals surface area contributed by atoms with Gasteiger partial charge in [-0.05, 0) is 0 Å². The molecule has 1 heterocycles. The summed E-state index contributed by atoms with van der Waals surface area (Å²) in [5, 5.41) is 0. The molecule has 10 heavy (non-hydrogen) atoms. The van der Waals surface area contributed by atoms with Gasteiger partial charge in [-0.25, -0.2) is 4.79 Å². The van der Waals surface area contributed by atoms with Crippen LogP contribution in [0.1, 0.15) is 0 Å². The number of carbonyl (C=O) groups is 1. The van der Waals surface area contributed by atoms with Crippen LogP contribution in [0.4, 0.5) is 0 Å². The molecule has 0 aromatic rings. The summed E-state index contributed by atoms with van der Waals surface area (Å²) < 4.78 is 7.44. The van der Waals surface area contributed by atoms with E-state index in [2.05, 4.69) is 9.47 Å². The number of carbonyl (C=O) groups excluding carboxylic acids is 1. The molecule has 58 valence electrons. The monoisotopic (exact) mass is 204 g/mol. The molecule has 1 aliphatic rings. The van der Waals surface area contributed by atoms with Crippen LogP contribution in [0.15, 0.2) is 0 Å². The highest BCUT2D eigenvalue weighted by atomic mass is 35.6. The Balaban J connectivity index is 2.53. The molecule has 0 aromatic heterocycles. The number of esters is 1. The van der Waals surface area contributed by atoms with Crippen LogP contribution in [-0.4, -0.2) is 22.7 Å². The fourth-order valence-electron chi connectivity index (χ4n) is 0.492. The minimum Gasteiger partial charge on any atom is -0.429 e. The van der Waals surface area contributed by atoms with Crippen molar-refractivity contribution in [2.24, 2.45) is 0 Å². The summed E-state index contributed by atoms with van der Waals surface area (Å²) in [6.45, 7) is -0.154. The van der Waals surface area contributed by atoms with Gasteiger partial charge in [-0.15, -0.1) is 0 Å². The summed E-state index contributed by atoms with van der Waals surface area (Å²) in [6, 6.07) is 0. The summed E-state index contributed by atoms with van der Waals surface area (Å²) in [5.41, 5.74) is 0. The minimum absolute atomic E-state index is 0.154. The first-order chi connectivity index (χ1) is 4.50. The molecule has 0 bridgehead atoms. The lowest BCUT2D eigenvalue weighted by molar-refractivity contribution is -0.142. The normalized spacial score (nSPS) is 26.7. The molecule has 6 heteroatoms. The van der Waals surface area contributed by atoms with Gasteiger partial charge in [0, 0.05) is 0 Å². The lowest BCUT2D eigenvalue weighted by Crippen LogP contribution is -2.26. The van der Waals surface area contributed by atoms with Crippen molar-refractivity contribution in [3.8, 4) is 0 Å². The lowest BCUT2D eigenvalue weighted by atomic mass is 10.7. The maximum absolute atomic E-state index is 10.4. The number of cyclic esters (lactones) is 1. The van der Waals surface area contributed by atoms with Crippen LogP contribution in [0.25, 0.3) is 0 Å². The van der Waals surface area contributed by atoms with Crippen LogP contribution < -0.4 is 0 Å². The van der Waals surface area contributed by atoms with Crippen LogP contribution in [0.5, 0.6) is 0 Å². The van der Waals surface area contributed by atoms with E-state index >= 15 is 0 Å². The molecule has 1 rings (SSSR count). The van der Waals surface area contributed by atoms with E-state index in [-0.39, 0.29) is 6.61 Å². The van der Waals surface area contributed by atoms with Crippen LogP contribution in [0.3, 0.4) is 0 Å². The molecule has 0 spiro atoms. The number of alkyl halides is 3. The van der Waals surface area contributed by atoms with Crippen LogP contribution in [-0.2, 0) is 14.3 Å². The second kappa shape index (κ2) is 2.74. The highest BCUT2D eigenvalue weighted by Gasteiger charge is 2.41. The lowest BCUT2D eigenvalue weighted by Gasteiger charge is -2.15. The van der Waals surface area contributed by atoms with E-state index in [1.165, 1.54) is 0 Å². The fourth-order valence-corrected chi connectivity index (χ4v) is 0.815. The number of rotatable bonds is 0.